The molecule has 1 unspecified atom stereocenters. The van der Waals surface area contributed by atoms with Gasteiger partial charge in [-0.1, -0.05) is 6.07 Å². The summed E-state index contributed by atoms with van der Waals surface area (Å²) in [7, 11) is 0. The quantitative estimate of drug-likeness (QED) is 0.750. The average Bonchev–Trinajstić information content (AvgIpc) is 3.28. The molecule has 1 saturated heterocycles. The molecule has 138 valence electrons. The fourth-order valence-corrected chi connectivity index (χ4v) is 3.29. The molecule has 27 heavy (non-hydrogen) atoms. The van der Waals surface area contributed by atoms with E-state index in [1.54, 1.807) is 18.7 Å². The van der Waals surface area contributed by atoms with Crippen molar-refractivity contribution in [3.63, 3.8) is 0 Å². The van der Waals surface area contributed by atoms with Gasteiger partial charge in [0.1, 0.15) is 5.69 Å². The number of hydrogen-bond donors (Lipinski definition) is 1. The number of nitrogens with zero attached hydrogens (tertiary/aromatic N) is 4. The number of furan rings is 1. The maximum atomic E-state index is 12.6. The minimum Gasteiger partial charge on any atom is -0.463 e. The predicted molar refractivity (Wildman–Crippen MR) is 101 cm³/mol. The highest BCUT2D eigenvalue weighted by atomic mass is 16.3. The van der Waals surface area contributed by atoms with Crippen LogP contribution in [0.3, 0.4) is 0 Å². The Morgan fingerprint density at radius 2 is 2.19 bits per heavy atom. The molecule has 0 radical (unpaired) electrons. The summed E-state index contributed by atoms with van der Waals surface area (Å²) in [5.41, 5.74) is 1.70. The molecule has 1 amide bonds. The number of carbonyl (C=O) groups excluding carboxylic acids is 1. The highest BCUT2D eigenvalue weighted by molar-refractivity contribution is 5.79. The fourth-order valence-electron chi connectivity index (χ4n) is 3.29. The monoisotopic (exact) mass is 363 g/mol. The summed E-state index contributed by atoms with van der Waals surface area (Å²) >= 11 is 0. The van der Waals surface area contributed by atoms with Crippen molar-refractivity contribution in [3.05, 3.63) is 60.6 Å². The molecule has 1 atom stereocenters. The van der Waals surface area contributed by atoms with Gasteiger partial charge in [-0.15, -0.1) is 10.2 Å². The van der Waals surface area contributed by atoms with Crippen LogP contribution in [0, 0.1) is 5.92 Å². The van der Waals surface area contributed by atoms with Crippen molar-refractivity contribution in [2.75, 3.05) is 18.0 Å². The third kappa shape index (κ3) is 4.13. The molecule has 1 aliphatic rings. The van der Waals surface area contributed by atoms with Crippen molar-refractivity contribution < 1.29 is 9.21 Å². The van der Waals surface area contributed by atoms with Gasteiger partial charge in [-0.25, -0.2) is 0 Å². The molecule has 7 heteroatoms. The summed E-state index contributed by atoms with van der Waals surface area (Å²) < 4.78 is 5.34. The van der Waals surface area contributed by atoms with Gasteiger partial charge in [-0.3, -0.25) is 9.78 Å². The number of pyridine rings is 1. The molecule has 4 heterocycles. The SMILES string of the molecule is O=C(NCc1cccnc1)C1CCCN(c2ccc(-c3ccco3)nn2)C1. The summed E-state index contributed by atoms with van der Waals surface area (Å²) in [4.78, 5) is 18.7. The van der Waals surface area contributed by atoms with Gasteiger partial charge in [0.05, 0.1) is 12.2 Å². The van der Waals surface area contributed by atoms with E-state index >= 15 is 0 Å². The fraction of sp³-hybridized carbons (Fsp3) is 0.300. The van der Waals surface area contributed by atoms with Gasteiger partial charge < -0.3 is 14.6 Å². The summed E-state index contributed by atoms with van der Waals surface area (Å²) in [6.45, 7) is 2.02. The first-order valence-electron chi connectivity index (χ1n) is 9.09. The molecule has 1 N–H and O–H groups in total. The standard InChI is InChI=1S/C20H21N5O2/c26-20(22-13-15-4-1-9-21-12-15)16-5-2-10-25(14-16)19-8-7-17(23-24-19)18-6-3-11-27-18/h1,3-4,6-9,11-12,16H,2,5,10,13-14H2,(H,22,26). The van der Waals surface area contributed by atoms with E-state index in [0.717, 1.165) is 30.8 Å². The lowest BCUT2D eigenvalue weighted by Crippen LogP contribution is -2.43. The van der Waals surface area contributed by atoms with Crippen molar-refractivity contribution in [1.82, 2.24) is 20.5 Å². The van der Waals surface area contributed by atoms with E-state index in [1.807, 2.05) is 36.4 Å². The molecule has 7 nitrogen and oxygen atoms in total. The first kappa shape index (κ1) is 17.2. The van der Waals surface area contributed by atoms with Crippen LogP contribution in [-0.2, 0) is 11.3 Å². The summed E-state index contributed by atoms with van der Waals surface area (Å²) in [5, 5.41) is 11.6. The molecule has 1 fully saturated rings. The van der Waals surface area contributed by atoms with E-state index in [4.69, 9.17) is 4.42 Å². The Balaban J connectivity index is 1.36. The average molecular weight is 363 g/mol. The number of anilines is 1. The maximum absolute atomic E-state index is 12.6. The van der Waals surface area contributed by atoms with Gasteiger partial charge in [0.25, 0.3) is 0 Å². The molecule has 0 aliphatic carbocycles. The van der Waals surface area contributed by atoms with Crippen LogP contribution in [0.4, 0.5) is 5.82 Å². The Bertz CT molecular complexity index is 865. The molecular weight excluding hydrogens is 342 g/mol. The van der Waals surface area contributed by atoms with Crippen molar-refractivity contribution >= 4 is 11.7 Å². The molecule has 3 aromatic rings. The molecule has 3 aromatic heterocycles. The van der Waals surface area contributed by atoms with Gasteiger partial charge >= 0.3 is 0 Å². The Hall–Kier alpha value is -3.22. The minimum atomic E-state index is -0.0537. The molecule has 0 aromatic carbocycles. The zero-order valence-corrected chi connectivity index (χ0v) is 14.9. The van der Waals surface area contributed by atoms with Gasteiger partial charge in [-0.05, 0) is 48.7 Å². The lowest BCUT2D eigenvalue weighted by molar-refractivity contribution is -0.125. The number of rotatable bonds is 5. The second-order valence-corrected chi connectivity index (χ2v) is 6.62. The Morgan fingerprint density at radius 1 is 1.22 bits per heavy atom. The van der Waals surface area contributed by atoms with E-state index in [1.165, 1.54) is 0 Å². The van der Waals surface area contributed by atoms with E-state index in [2.05, 4.69) is 25.4 Å². The lowest BCUT2D eigenvalue weighted by Gasteiger charge is -2.32. The van der Waals surface area contributed by atoms with Crippen molar-refractivity contribution in [2.45, 2.75) is 19.4 Å². The summed E-state index contributed by atoms with van der Waals surface area (Å²) in [6.07, 6.45) is 6.94. The first-order valence-corrected chi connectivity index (χ1v) is 9.09. The van der Waals surface area contributed by atoms with Crippen LogP contribution < -0.4 is 10.2 Å². The third-order valence-electron chi connectivity index (χ3n) is 4.73. The maximum Gasteiger partial charge on any atom is 0.225 e. The number of aromatic nitrogens is 3. The van der Waals surface area contributed by atoms with Crippen LogP contribution in [0.25, 0.3) is 11.5 Å². The van der Waals surface area contributed by atoms with Crippen LogP contribution >= 0.6 is 0 Å². The second kappa shape index (κ2) is 7.99. The van der Waals surface area contributed by atoms with E-state index in [-0.39, 0.29) is 11.8 Å². The highest BCUT2D eigenvalue weighted by Crippen LogP contribution is 2.23. The van der Waals surface area contributed by atoms with Crippen LogP contribution in [0.15, 0.2) is 59.5 Å². The van der Waals surface area contributed by atoms with Crippen molar-refractivity contribution in [1.29, 1.82) is 0 Å². The smallest absolute Gasteiger partial charge is 0.225 e. The normalized spacial score (nSPS) is 16.9. The zero-order valence-electron chi connectivity index (χ0n) is 14.9. The lowest BCUT2D eigenvalue weighted by atomic mass is 9.97. The topological polar surface area (TPSA) is 84.2 Å². The largest absolute Gasteiger partial charge is 0.463 e. The molecular formula is C20H21N5O2. The number of hydrogen-bond acceptors (Lipinski definition) is 6. The molecule has 0 saturated carbocycles. The number of nitrogens with one attached hydrogen (secondary N) is 1. The van der Waals surface area contributed by atoms with Gasteiger partial charge in [0, 0.05) is 32.0 Å². The molecule has 4 rings (SSSR count). The van der Waals surface area contributed by atoms with Gasteiger partial charge in [0.15, 0.2) is 11.6 Å². The van der Waals surface area contributed by atoms with Gasteiger partial charge in [-0.2, -0.15) is 0 Å². The van der Waals surface area contributed by atoms with Crippen LogP contribution in [0.2, 0.25) is 0 Å². The summed E-state index contributed by atoms with van der Waals surface area (Å²) in [6, 6.07) is 11.3. The van der Waals surface area contributed by atoms with Crippen molar-refractivity contribution in [3.8, 4) is 11.5 Å². The Labute approximate surface area is 157 Å². The Morgan fingerprint density at radius 3 is 2.93 bits per heavy atom. The second-order valence-electron chi connectivity index (χ2n) is 6.62. The van der Waals surface area contributed by atoms with Gasteiger partial charge in [0.2, 0.25) is 5.91 Å². The molecule has 1 aliphatic heterocycles. The molecule has 0 bridgehead atoms. The van der Waals surface area contributed by atoms with Crippen LogP contribution in [0.1, 0.15) is 18.4 Å². The number of amides is 1. The minimum absolute atomic E-state index is 0.0537. The summed E-state index contributed by atoms with van der Waals surface area (Å²) in [5.74, 6) is 1.50. The number of carbonyl (C=O) groups is 1. The highest BCUT2D eigenvalue weighted by Gasteiger charge is 2.26. The third-order valence-corrected chi connectivity index (χ3v) is 4.73. The first-order chi connectivity index (χ1) is 13.3. The van der Waals surface area contributed by atoms with E-state index in [0.29, 0.717) is 24.5 Å². The van der Waals surface area contributed by atoms with E-state index < -0.39 is 0 Å². The van der Waals surface area contributed by atoms with Crippen LogP contribution in [0.5, 0.6) is 0 Å². The van der Waals surface area contributed by atoms with E-state index in [9.17, 15) is 4.79 Å². The Kier molecular flexibility index (Phi) is 5.09. The van der Waals surface area contributed by atoms with Crippen LogP contribution in [-0.4, -0.2) is 34.2 Å². The number of piperidine rings is 1. The zero-order chi connectivity index (χ0) is 18.5. The van der Waals surface area contributed by atoms with Crippen molar-refractivity contribution in [2.24, 2.45) is 5.92 Å². The predicted octanol–water partition coefficient (Wildman–Crippen LogP) is 2.66. The molecule has 0 spiro atoms.